The van der Waals surface area contributed by atoms with Gasteiger partial charge in [-0.25, -0.2) is 4.79 Å². The van der Waals surface area contributed by atoms with E-state index in [1.807, 2.05) is 13.8 Å². The van der Waals surface area contributed by atoms with Gasteiger partial charge < -0.3 is 14.4 Å². The van der Waals surface area contributed by atoms with E-state index in [0.717, 1.165) is 0 Å². The molecule has 0 heterocycles. The van der Waals surface area contributed by atoms with Crippen LogP contribution in [0.4, 0.5) is 0 Å². The van der Waals surface area contributed by atoms with Crippen LogP contribution in [0.15, 0.2) is 24.3 Å². The number of ether oxygens (including phenoxy) is 2. The van der Waals surface area contributed by atoms with Crippen molar-refractivity contribution in [1.82, 2.24) is 4.90 Å². The summed E-state index contributed by atoms with van der Waals surface area (Å²) in [7, 11) is 0. The lowest BCUT2D eigenvalue weighted by Gasteiger charge is -2.18. The summed E-state index contributed by atoms with van der Waals surface area (Å²) in [6.07, 6.45) is 0. The normalized spacial score (nSPS) is 9.95. The highest BCUT2D eigenvalue weighted by Gasteiger charge is 2.10. The Labute approximate surface area is 119 Å². The third kappa shape index (κ3) is 4.57. The lowest BCUT2D eigenvalue weighted by Crippen LogP contribution is -2.34. The maximum atomic E-state index is 11.8. The molecule has 5 nitrogen and oxygen atoms in total. The quantitative estimate of drug-likeness (QED) is 0.717. The highest BCUT2D eigenvalue weighted by molar-refractivity contribution is 5.89. The average Bonchev–Trinajstić information content (AvgIpc) is 2.47. The summed E-state index contributed by atoms with van der Waals surface area (Å²) in [6.45, 7) is 7.29. The fourth-order valence-electron chi connectivity index (χ4n) is 1.71. The van der Waals surface area contributed by atoms with Crippen molar-refractivity contribution in [2.75, 3.05) is 26.3 Å². The fourth-order valence-corrected chi connectivity index (χ4v) is 1.71. The van der Waals surface area contributed by atoms with Crippen LogP contribution < -0.4 is 4.74 Å². The predicted molar refractivity (Wildman–Crippen MR) is 75.8 cm³/mol. The first kappa shape index (κ1) is 16.0. The number of likely N-dealkylation sites (N-methyl/N-ethyl adjacent to an activating group) is 1. The van der Waals surface area contributed by atoms with Crippen LogP contribution >= 0.6 is 0 Å². The van der Waals surface area contributed by atoms with Gasteiger partial charge >= 0.3 is 5.97 Å². The topological polar surface area (TPSA) is 55.8 Å². The molecule has 0 saturated heterocycles. The van der Waals surface area contributed by atoms with Gasteiger partial charge in [0.15, 0.2) is 6.61 Å². The minimum absolute atomic E-state index is 0.000430. The van der Waals surface area contributed by atoms with Crippen LogP contribution in [0.2, 0.25) is 0 Å². The van der Waals surface area contributed by atoms with E-state index in [1.165, 1.54) is 0 Å². The van der Waals surface area contributed by atoms with Crippen LogP contribution in [0.1, 0.15) is 31.1 Å². The SMILES string of the molecule is CCOC(=O)c1ccc(OCC(=O)N(CC)CC)cc1. The lowest BCUT2D eigenvalue weighted by atomic mass is 10.2. The van der Waals surface area contributed by atoms with Crippen LogP contribution in [0.3, 0.4) is 0 Å². The zero-order valence-corrected chi connectivity index (χ0v) is 12.2. The van der Waals surface area contributed by atoms with Crippen molar-refractivity contribution in [2.24, 2.45) is 0 Å². The van der Waals surface area contributed by atoms with Gasteiger partial charge in [0.05, 0.1) is 12.2 Å². The Morgan fingerprint density at radius 1 is 1.05 bits per heavy atom. The summed E-state index contributed by atoms with van der Waals surface area (Å²) in [4.78, 5) is 24.9. The zero-order chi connectivity index (χ0) is 15.0. The fraction of sp³-hybridized carbons (Fsp3) is 0.467. The van der Waals surface area contributed by atoms with Crippen molar-refractivity contribution < 1.29 is 19.1 Å². The van der Waals surface area contributed by atoms with Crippen molar-refractivity contribution in [2.45, 2.75) is 20.8 Å². The van der Waals surface area contributed by atoms with Crippen LogP contribution in [-0.4, -0.2) is 43.1 Å². The number of esters is 1. The number of amides is 1. The van der Waals surface area contributed by atoms with E-state index in [9.17, 15) is 9.59 Å². The van der Waals surface area contributed by atoms with Crippen LogP contribution in [0, 0.1) is 0 Å². The molecule has 0 aromatic heterocycles. The molecule has 0 spiro atoms. The molecular weight excluding hydrogens is 258 g/mol. The number of carbonyl (C=O) groups excluding carboxylic acids is 2. The van der Waals surface area contributed by atoms with Crippen molar-refractivity contribution in [3.8, 4) is 5.75 Å². The molecule has 20 heavy (non-hydrogen) atoms. The summed E-state index contributed by atoms with van der Waals surface area (Å²) in [6, 6.07) is 6.55. The van der Waals surface area contributed by atoms with Crippen molar-refractivity contribution in [3.05, 3.63) is 29.8 Å². The largest absolute Gasteiger partial charge is 0.484 e. The zero-order valence-electron chi connectivity index (χ0n) is 12.2. The standard InChI is InChI=1S/C15H21NO4/c1-4-16(5-2)14(17)11-20-13-9-7-12(8-10-13)15(18)19-6-3/h7-10H,4-6,11H2,1-3H3. The molecule has 0 saturated carbocycles. The van der Waals surface area contributed by atoms with E-state index in [0.29, 0.717) is 31.0 Å². The minimum Gasteiger partial charge on any atom is -0.484 e. The Kier molecular flexibility index (Phi) is 6.56. The van der Waals surface area contributed by atoms with E-state index in [1.54, 1.807) is 36.1 Å². The molecule has 110 valence electrons. The number of hydrogen-bond acceptors (Lipinski definition) is 4. The predicted octanol–water partition coefficient (Wildman–Crippen LogP) is 2.11. The second-order valence-corrected chi connectivity index (χ2v) is 4.10. The molecule has 1 amide bonds. The first-order chi connectivity index (χ1) is 9.62. The average molecular weight is 279 g/mol. The first-order valence-electron chi connectivity index (χ1n) is 6.80. The maximum absolute atomic E-state index is 11.8. The van der Waals surface area contributed by atoms with Crippen LogP contribution in [0.25, 0.3) is 0 Å². The smallest absolute Gasteiger partial charge is 0.338 e. The molecule has 0 unspecified atom stereocenters. The highest BCUT2D eigenvalue weighted by atomic mass is 16.5. The van der Waals surface area contributed by atoms with Gasteiger partial charge in [-0.05, 0) is 45.0 Å². The third-order valence-electron chi connectivity index (χ3n) is 2.84. The summed E-state index contributed by atoms with van der Waals surface area (Å²) in [5.74, 6) is 0.140. The van der Waals surface area contributed by atoms with Gasteiger partial charge in [-0.1, -0.05) is 0 Å². The van der Waals surface area contributed by atoms with Crippen molar-refractivity contribution in [3.63, 3.8) is 0 Å². The number of benzene rings is 1. The number of rotatable bonds is 7. The molecule has 0 atom stereocenters. The summed E-state index contributed by atoms with van der Waals surface area (Å²) >= 11 is 0. The molecule has 1 aromatic rings. The molecule has 0 aliphatic heterocycles. The molecule has 0 radical (unpaired) electrons. The minimum atomic E-state index is -0.363. The van der Waals surface area contributed by atoms with E-state index in [4.69, 9.17) is 9.47 Å². The van der Waals surface area contributed by atoms with E-state index >= 15 is 0 Å². The molecule has 1 rings (SSSR count). The maximum Gasteiger partial charge on any atom is 0.338 e. The Morgan fingerprint density at radius 3 is 2.15 bits per heavy atom. The number of hydrogen-bond donors (Lipinski definition) is 0. The molecule has 0 fully saturated rings. The van der Waals surface area contributed by atoms with Crippen molar-refractivity contribution >= 4 is 11.9 Å². The Bertz CT molecular complexity index is 438. The summed E-state index contributed by atoms with van der Waals surface area (Å²) in [5, 5.41) is 0. The van der Waals surface area contributed by atoms with Gasteiger partial charge in [0.25, 0.3) is 5.91 Å². The van der Waals surface area contributed by atoms with Gasteiger partial charge in [0.2, 0.25) is 0 Å². The number of nitrogens with zero attached hydrogens (tertiary/aromatic N) is 1. The second-order valence-electron chi connectivity index (χ2n) is 4.10. The Hall–Kier alpha value is -2.04. The highest BCUT2D eigenvalue weighted by Crippen LogP contribution is 2.13. The van der Waals surface area contributed by atoms with Gasteiger partial charge in [0.1, 0.15) is 5.75 Å². The van der Waals surface area contributed by atoms with Gasteiger partial charge in [-0.15, -0.1) is 0 Å². The lowest BCUT2D eigenvalue weighted by molar-refractivity contribution is -0.132. The van der Waals surface area contributed by atoms with E-state index in [2.05, 4.69) is 0 Å². The van der Waals surface area contributed by atoms with E-state index in [-0.39, 0.29) is 18.5 Å². The second kappa shape index (κ2) is 8.19. The summed E-state index contributed by atoms with van der Waals surface area (Å²) in [5.41, 5.74) is 0.467. The molecule has 1 aromatic carbocycles. The molecule has 0 aliphatic rings. The molecule has 0 bridgehead atoms. The van der Waals surface area contributed by atoms with Crippen LogP contribution in [0.5, 0.6) is 5.75 Å². The van der Waals surface area contributed by atoms with Crippen LogP contribution in [-0.2, 0) is 9.53 Å². The first-order valence-corrected chi connectivity index (χ1v) is 6.80. The van der Waals surface area contributed by atoms with E-state index < -0.39 is 0 Å². The van der Waals surface area contributed by atoms with Gasteiger partial charge in [-0.3, -0.25) is 4.79 Å². The molecular formula is C15H21NO4. The Balaban J connectivity index is 2.53. The Morgan fingerprint density at radius 2 is 1.65 bits per heavy atom. The molecule has 5 heteroatoms. The number of carbonyl (C=O) groups is 2. The third-order valence-corrected chi connectivity index (χ3v) is 2.84. The van der Waals surface area contributed by atoms with Gasteiger partial charge in [-0.2, -0.15) is 0 Å². The molecule has 0 aliphatic carbocycles. The van der Waals surface area contributed by atoms with Gasteiger partial charge in [0, 0.05) is 13.1 Å². The monoisotopic (exact) mass is 279 g/mol. The summed E-state index contributed by atoms with van der Waals surface area (Å²) < 4.78 is 10.3. The van der Waals surface area contributed by atoms with Crippen molar-refractivity contribution in [1.29, 1.82) is 0 Å². The molecule has 0 N–H and O–H groups in total.